The molecule has 0 amide bonds. The molecule has 0 unspecified atom stereocenters. The van der Waals surface area contributed by atoms with Crippen molar-refractivity contribution in [3.8, 4) is 11.8 Å². The lowest BCUT2D eigenvalue weighted by Gasteiger charge is -2.05. The number of hydrogen-bond acceptors (Lipinski definition) is 4. The maximum absolute atomic E-state index is 11.7. The molecule has 2 rings (SSSR count). The molecule has 0 radical (unpaired) electrons. The first-order valence-electron chi connectivity index (χ1n) is 6.73. The maximum Gasteiger partial charge on any atom is 0.331 e. The smallest absolute Gasteiger partial charge is 0.331 e. The van der Waals surface area contributed by atoms with Crippen LogP contribution in [-0.2, 0) is 16.1 Å². The normalized spacial score (nSPS) is 10.4. The zero-order valence-corrected chi connectivity index (χ0v) is 12.1. The second-order valence-electron chi connectivity index (χ2n) is 4.71. The standard InChI is InChI=1S/C18H15NO3/c1-13-16(11-19)15(7-9-17(13)20)8-10-18(21)22-12-14-5-3-2-4-6-14/h2-10,20H,12H2,1H3. The summed E-state index contributed by atoms with van der Waals surface area (Å²) in [5.74, 6) is -0.432. The lowest BCUT2D eigenvalue weighted by Crippen LogP contribution is -2.00. The fourth-order valence-corrected chi connectivity index (χ4v) is 1.94. The van der Waals surface area contributed by atoms with E-state index in [-0.39, 0.29) is 12.4 Å². The van der Waals surface area contributed by atoms with E-state index in [9.17, 15) is 9.90 Å². The molecule has 4 nitrogen and oxygen atoms in total. The maximum atomic E-state index is 11.7. The number of nitrogens with zero attached hydrogens (tertiary/aromatic N) is 1. The van der Waals surface area contributed by atoms with Gasteiger partial charge in [-0.05, 0) is 36.3 Å². The Bertz CT molecular complexity index is 743. The first-order valence-corrected chi connectivity index (χ1v) is 6.73. The average molecular weight is 293 g/mol. The summed E-state index contributed by atoms with van der Waals surface area (Å²) in [4.78, 5) is 11.7. The van der Waals surface area contributed by atoms with E-state index < -0.39 is 5.97 Å². The summed E-state index contributed by atoms with van der Waals surface area (Å²) < 4.78 is 5.12. The number of carbonyl (C=O) groups excluding carboxylic acids is 1. The molecule has 0 aliphatic carbocycles. The number of phenolic OH excluding ortho intramolecular Hbond substituents is 1. The van der Waals surface area contributed by atoms with Crippen molar-refractivity contribution in [1.29, 1.82) is 5.26 Å². The number of nitriles is 1. The number of rotatable bonds is 4. The molecule has 0 saturated heterocycles. The summed E-state index contributed by atoms with van der Waals surface area (Å²) >= 11 is 0. The molecule has 110 valence electrons. The van der Waals surface area contributed by atoms with Gasteiger partial charge < -0.3 is 9.84 Å². The number of esters is 1. The van der Waals surface area contributed by atoms with Crippen LogP contribution in [0.5, 0.6) is 5.75 Å². The Kier molecular flexibility index (Phi) is 4.94. The summed E-state index contributed by atoms with van der Waals surface area (Å²) in [5, 5.41) is 18.7. The van der Waals surface area contributed by atoms with E-state index in [4.69, 9.17) is 10.00 Å². The Morgan fingerprint density at radius 2 is 2.00 bits per heavy atom. The van der Waals surface area contributed by atoms with Crippen molar-refractivity contribution in [3.63, 3.8) is 0 Å². The molecule has 0 fully saturated rings. The quantitative estimate of drug-likeness (QED) is 0.693. The van der Waals surface area contributed by atoms with Crippen LogP contribution < -0.4 is 0 Å². The van der Waals surface area contributed by atoms with Gasteiger partial charge in [-0.3, -0.25) is 0 Å². The third kappa shape index (κ3) is 3.74. The van der Waals surface area contributed by atoms with Gasteiger partial charge in [0.05, 0.1) is 5.56 Å². The van der Waals surface area contributed by atoms with E-state index in [2.05, 4.69) is 0 Å². The van der Waals surface area contributed by atoms with Gasteiger partial charge >= 0.3 is 5.97 Å². The monoisotopic (exact) mass is 293 g/mol. The highest BCUT2D eigenvalue weighted by atomic mass is 16.5. The molecule has 0 aliphatic heterocycles. The van der Waals surface area contributed by atoms with Gasteiger partial charge in [-0.1, -0.05) is 30.3 Å². The molecule has 0 saturated carbocycles. The Balaban J connectivity index is 2.04. The van der Waals surface area contributed by atoms with Gasteiger partial charge in [-0.2, -0.15) is 5.26 Å². The first kappa shape index (κ1) is 15.3. The van der Waals surface area contributed by atoms with Crippen LogP contribution in [0.25, 0.3) is 6.08 Å². The molecule has 4 heteroatoms. The second kappa shape index (κ2) is 7.09. The van der Waals surface area contributed by atoms with Crippen LogP contribution in [-0.4, -0.2) is 11.1 Å². The summed E-state index contributed by atoms with van der Waals surface area (Å²) in [5.41, 5.74) is 2.30. The Morgan fingerprint density at radius 1 is 1.27 bits per heavy atom. The van der Waals surface area contributed by atoms with E-state index >= 15 is 0 Å². The SMILES string of the molecule is Cc1c(O)ccc(C=CC(=O)OCc2ccccc2)c1C#N. The fourth-order valence-electron chi connectivity index (χ4n) is 1.94. The summed E-state index contributed by atoms with van der Waals surface area (Å²) in [6.45, 7) is 1.85. The molecule has 0 heterocycles. The predicted octanol–water partition coefficient (Wildman–Crippen LogP) is 3.33. The fraction of sp³-hybridized carbons (Fsp3) is 0.111. The zero-order chi connectivity index (χ0) is 15.9. The van der Waals surface area contributed by atoms with Crippen molar-refractivity contribution in [1.82, 2.24) is 0 Å². The number of carbonyl (C=O) groups is 1. The van der Waals surface area contributed by atoms with E-state index in [1.54, 1.807) is 13.0 Å². The number of aromatic hydroxyl groups is 1. The number of phenols is 1. The van der Waals surface area contributed by atoms with E-state index in [0.29, 0.717) is 16.7 Å². The van der Waals surface area contributed by atoms with Gasteiger partial charge in [0.2, 0.25) is 0 Å². The Labute approximate surface area is 128 Å². The Hall–Kier alpha value is -3.06. The van der Waals surface area contributed by atoms with Crippen molar-refractivity contribution in [2.45, 2.75) is 13.5 Å². The number of benzene rings is 2. The van der Waals surface area contributed by atoms with Gasteiger partial charge in [-0.15, -0.1) is 0 Å². The zero-order valence-electron chi connectivity index (χ0n) is 12.1. The largest absolute Gasteiger partial charge is 0.508 e. The molecular weight excluding hydrogens is 278 g/mol. The van der Waals surface area contributed by atoms with Crippen molar-refractivity contribution in [2.24, 2.45) is 0 Å². The highest BCUT2D eigenvalue weighted by Gasteiger charge is 2.07. The topological polar surface area (TPSA) is 70.3 Å². The number of hydrogen-bond donors (Lipinski definition) is 1. The molecular formula is C18H15NO3. The van der Waals surface area contributed by atoms with Crippen LogP contribution in [0.2, 0.25) is 0 Å². The summed E-state index contributed by atoms with van der Waals surface area (Å²) in [7, 11) is 0. The summed E-state index contributed by atoms with van der Waals surface area (Å²) in [6.07, 6.45) is 2.79. The van der Waals surface area contributed by atoms with Crippen LogP contribution in [0.1, 0.15) is 22.3 Å². The molecule has 0 bridgehead atoms. The minimum absolute atomic E-state index is 0.0559. The number of ether oxygens (including phenoxy) is 1. The lowest BCUT2D eigenvalue weighted by atomic mass is 10.0. The molecule has 2 aromatic rings. The third-order valence-electron chi connectivity index (χ3n) is 3.20. The van der Waals surface area contributed by atoms with Crippen LogP contribution in [0.15, 0.2) is 48.5 Å². The third-order valence-corrected chi connectivity index (χ3v) is 3.20. The molecule has 0 atom stereocenters. The minimum atomic E-state index is -0.488. The van der Waals surface area contributed by atoms with Crippen LogP contribution in [0.3, 0.4) is 0 Å². The highest BCUT2D eigenvalue weighted by molar-refractivity contribution is 5.87. The first-order chi connectivity index (χ1) is 10.6. The lowest BCUT2D eigenvalue weighted by molar-refractivity contribution is -0.138. The van der Waals surface area contributed by atoms with Crippen LogP contribution >= 0.6 is 0 Å². The molecule has 0 aromatic heterocycles. The Morgan fingerprint density at radius 3 is 2.68 bits per heavy atom. The van der Waals surface area contributed by atoms with Gasteiger partial charge in [0.25, 0.3) is 0 Å². The minimum Gasteiger partial charge on any atom is -0.508 e. The van der Waals surface area contributed by atoms with E-state index in [1.807, 2.05) is 36.4 Å². The molecule has 2 aromatic carbocycles. The molecule has 22 heavy (non-hydrogen) atoms. The van der Waals surface area contributed by atoms with Crippen LogP contribution in [0, 0.1) is 18.3 Å². The van der Waals surface area contributed by atoms with Gasteiger partial charge in [0, 0.05) is 11.6 Å². The van der Waals surface area contributed by atoms with Gasteiger partial charge in [-0.25, -0.2) is 4.79 Å². The average Bonchev–Trinajstić information content (AvgIpc) is 2.55. The van der Waals surface area contributed by atoms with Crippen molar-refractivity contribution in [3.05, 3.63) is 70.8 Å². The molecule has 0 aliphatic rings. The van der Waals surface area contributed by atoms with E-state index in [0.717, 1.165) is 5.56 Å². The second-order valence-corrected chi connectivity index (χ2v) is 4.71. The van der Waals surface area contributed by atoms with Crippen molar-refractivity contribution in [2.75, 3.05) is 0 Å². The van der Waals surface area contributed by atoms with Crippen LogP contribution in [0.4, 0.5) is 0 Å². The van der Waals surface area contributed by atoms with Gasteiger partial charge in [0.1, 0.15) is 18.4 Å². The summed E-state index contributed by atoms with van der Waals surface area (Å²) in [6, 6.07) is 14.5. The van der Waals surface area contributed by atoms with Gasteiger partial charge in [0.15, 0.2) is 0 Å². The van der Waals surface area contributed by atoms with Crippen molar-refractivity contribution >= 4 is 12.0 Å². The highest BCUT2D eigenvalue weighted by Crippen LogP contribution is 2.23. The van der Waals surface area contributed by atoms with Crippen molar-refractivity contribution < 1.29 is 14.6 Å². The predicted molar refractivity (Wildman–Crippen MR) is 82.8 cm³/mol. The van der Waals surface area contributed by atoms with E-state index in [1.165, 1.54) is 18.2 Å². The molecule has 0 spiro atoms. The molecule has 1 N–H and O–H groups in total.